The van der Waals surface area contributed by atoms with Gasteiger partial charge in [-0.3, -0.25) is 9.59 Å². The number of aliphatic hydroxyl groups excluding tert-OH is 1. The van der Waals surface area contributed by atoms with Gasteiger partial charge in [0.25, 0.3) is 11.7 Å². The van der Waals surface area contributed by atoms with Crippen molar-refractivity contribution >= 4 is 17.4 Å². The molecular formula is C22H23NO6. The molecule has 1 unspecified atom stereocenters. The Bertz CT molecular complexity index is 981. The van der Waals surface area contributed by atoms with Crippen molar-refractivity contribution in [3.63, 3.8) is 0 Å². The molecule has 0 saturated carbocycles. The Hall–Kier alpha value is -3.48. The van der Waals surface area contributed by atoms with Crippen LogP contribution in [0.3, 0.4) is 0 Å². The minimum absolute atomic E-state index is 0.00991. The first kappa shape index (κ1) is 20.3. The molecule has 7 nitrogen and oxygen atoms in total. The maximum atomic E-state index is 12.8. The van der Waals surface area contributed by atoms with Crippen molar-refractivity contribution in [2.24, 2.45) is 0 Å². The van der Waals surface area contributed by atoms with Crippen LogP contribution >= 0.6 is 0 Å². The third kappa shape index (κ3) is 3.63. The topological polar surface area (TPSA) is 96.3 Å². The van der Waals surface area contributed by atoms with Crippen LogP contribution in [0.4, 0.5) is 0 Å². The molecule has 1 fully saturated rings. The van der Waals surface area contributed by atoms with Crippen LogP contribution in [0.15, 0.2) is 48.0 Å². The zero-order chi connectivity index (χ0) is 21.1. The molecule has 2 aromatic rings. The molecule has 7 heteroatoms. The number of Topliss-reactive ketones (excluding diaryl/α,β-unsaturated/α-hetero) is 1. The van der Waals surface area contributed by atoms with E-state index >= 15 is 0 Å². The standard InChI is InChI=1S/C22H23NO6/c1-4-10-23-19(13-6-5-7-15(24)11-13)18(21(26)22(23)27)20(25)14-8-9-16(28-2)17(12-14)29-3/h5-9,11-12,19,24-25H,4,10H2,1-3H3/b20-18-. The highest BCUT2D eigenvalue weighted by molar-refractivity contribution is 6.46. The van der Waals surface area contributed by atoms with Crippen LogP contribution in [-0.4, -0.2) is 47.6 Å². The highest BCUT2D eigenvalue weighted by Gasteiger charge is 2.45. The van der Waals surface area contributed by atoms with Crippen LogP contribution < -0.4 is 9.47 Å². The van der Waals surface area contributed by atoms with E-state index in [1.165, 1.54) is 31.3 Å². The highest BCUT2D eigenvalue weighted by Crippen LogP contribution is 2.41. The molecule has 1 aliphatic rings. The van der Waals surface area contributed by atoms with Crippen LogP contribution in [0, 0.1) is 0 Å². The van der Waals surface area contributed by atoms with Crippen molar-refractivity contribution in [2.45, 2.75) is 19.4 Å². The predicted octanol–water partition coefficient (Wildman–Crippen LogP) is 3.24. The number of carbonyl (C=O) groups is 2. The Labute approximate surface area is 168 Å². The van der Waals surface area contributed by atoms with Gasteiger partial charge in [-0.2, -0.15) is 0 Å². The summed E-state index contributed by atoms with van der Waals surface area (Å²) in [5.74, 6) is -0.887. The lowest BCUT2D eigenvalue weighted by molar-refractivity contribution is -0.139. The number of phenols is 1. The van der Waals surface area contributed by atoms with E-state index in [1.54, 1.807) is 30.3 Å². The number of nitrogens with zero attached hydrogens (tertiary/aromatic N) is 1. The molecule has 1 aliphatic heterocycles. The number of amides is 1. The first-order valence-electron chi connectivity index (χ1n) is 9.22. The molecule has 0 bridgehead atoms. The zero-order valence-electron chi connectivity index (χ0n) is 16.5. The summed E-state index contributed by atoms with van der Waals surface area (Å²) in [6.07, 6.45) is 0.638. The lowest BCUT2D eigenvalue weighted by Gasteiger charge is -2.25. The van der Waals surface area contributed by atoms with E-state index in [4.69, 9.17) is 9.47 Å². The summed E-state index contributed by atoms with van der Waals surface area (Å²) in [4.78, 5) is 26.9. The third-order valence-electron chi connectivity index (χ3n) is 4.85. The van der Waals surface area contributed by atoms with Crippen molar-refractivity contribution in [3.05, 3.63) is 59.2 Å². The Morgan fingerprint density at radius 1 is 1.07 bits per heavy atom. The molecule has 0 spiro atoms. The van der Waals surface area contributed by atoms with Crippen molar-refractivity contribution in [2.75, 3.05) is 20.8 Å². The van der Waals surface area contributed by atoms with E-state index < -0.39 is 17.7 Å². The van der Waals surface area contributed by atoms with Crippen LogP contribution in [-0.2, 0) is 9.59 Å². The average molecular weight is 397 g/mol. The number of hydrogen-bond acceptors (Lipinski definition) is 6. The minimum atomic E-state index is -0.796. The molecule has 2 N–H and O–H groups in total. The summed E-state index contributed by atoms with van der Waals surface area (Å²) in [7, 11) is 2.96. The maximum absolute atomic E-state index is 12.8. The molecule has 2 aromatic carbocycles. The highest BCUT2D eigenvalue weighted by atomic mass is 16.5. The number of aliphatic hydroxyl groups is 1. The fraction of sp³-hybridized carbons (Fsp3) is 0.273. The predicted molar refractivity (Wildman–Crippen MR) is 107 cm³/mol. The number of phenolic OH excluding ortho intramolecular Hbond substituents is 1. The Morgan fingerprint density at radius 3 is 2.41 bits per heavy atom. The largest absolute Gasteiger partial charge is 0.508 e. The second-order valence-corrected chi connectivity index (χ2v) is 6.66. The molecule has 29 heavy (non-hydrogen) atoms. The van der Waals surface area contributed by atoms with Crippen LogP contribution in [0.25, 0.3) is 5.76 Å². The number of likely N-dealkylation sites (tertiary alicyclic amines) is 1. The van der Waals surface area contributed by atoms with Gasteiger partial charge >= 0.3 is 0 Å². The summed E-state index contributed by atoms with van der Waals surface area (Å²) >= 11 is 0. The lowest BCUT2D eigenvalue weighted by atomic mass is 9.95. The van der Waals surface area contributed by atoms with Gasteiger partial charge < -0.3 is 24.6 Å². The van der Waals surface area contributed by atoms with Crippen LogP contribution in [0.1, 0.15) is 30.5 Å². The monoisotopic (exact) mass is 397 g/mol. The molecule has 152 valence electrons. The van der Waals surface area contributed by atoms with Gasteiger partial charge in [0.1, 0.15) is 11.5 Å². The van der Waals surface area contributed by atoms with Crippen molar-refractivity contribution < 1.29 is 29.3 Å². The van der Waals surface area contributed by atoms with Gasteiger partial charge in [0, 0.05) is 12.1 Å². The van der Waals surface area contributed by atoms with Gasteiger partial charge in [-0.15, -0.1) is 0 Å². The summed E-state index contributed by atoms with van der Waals surface area (Å²) < 4.78 is 10.5. The van der Waals surface area contributed by atoms with E-state index in [0.29, 0.717) is 35.6 Å². The van der Waals surface area contributed by atoms with Gasteiger partial charge in [-0.1, -0.05) is 19.1 Å². The quantitative estimate of drug-likeness (QED) is 0.441. The fourth-order valence-corrected chi connectivity index (χ4v) is 3.53. The molecular weight excluding hydrogens is 374 g/mol. The number of hydrogen-bond donors (Lipinski definition) is 2. The minimum Gasteiger partial charge on any atom is -0.508 e. The molecule has 3 rings (SSSR count). The van der Waals surface area contributed by atoms with E-state index in [9.17, 15) is 19.8 Å². The van der Waals surface area contributed by atoms with Crippen LogP contribution in [0.5, 0.6) is 17.2 Å². The van der Waals surface area contributed by atoms with E-state index in [2.05, 4.69) is 0 Å². The number of carbonyl (C=O) groups excluding carboxylic acids is 2. The SMILES string of the molecule is CCCN1C(=O)C(=O)/C(=C(\O)c2ccc(OC)c(OC)c2)C1c1cccc(O)c1. The molecule has 1 saturated heterocycles. The second-order valence-electron chi connectivity index (χ2n) is 6.66. The number of rotatable bonds is 6. The summed E-state index contributed by atoms with van der Waals surface area (Å²) in [5.41, 5.74) is 0.836. The van der Waals surface area contributed by atoms with Gasteiger partial charge in [-0.05, 0) is 42.3 Å². The first-order chi connectivity index (χ1) is 13.9. The summed E-state index contributed by atoms with van der Waals surface area (Å²) in [6.45, 7) is 2.24. The summed E-state index contributed by atoms with van der Waals surface area (Å²) in [5, 5.41) is 20.9. The van der Waals surface area contributed by atoms with E-state index in [0.717, 1.165) is 0 Å². The van der Waals surface area contributed by atoms with Gasteiger partial charge in [0.2, 0.25) is 0 Å². The number of aromatic hydroxyl groups is 1. The van der Waals surface area contributed by atoms with Gasteiger partial charge in [0.05, 0.1) is 25.8 Å². The zero-order valence-corrected chi connectivity index (χ0v) is 16.5. The number of benzene rings is 2. The number of methoxy groups -OCH3 is 2. The molecule has 1 amide bonds. The van der Waals surface area contributed by atoms with Gasteiger partial charge in [-0.25, -0.2) is 0 Å². The van der Waals surface area contributed by atoms with E-state index in [1.807, 2.05) is 6.92 Å². The Morgan fingerprint density at radius 2 is 1.79 bits per heavy atom. The normalized spacial score (nSPS) is 18.2. The molecule has 0 radical (unpaired) electrons. The van der Waals surface area contributed by atoms with Crippen molar-refractivity contribution in [3.8, 4) is 17.2 Å². The molecule has 1 atom stereocenters. The van der Waals surface area contributed by atoms with Crippen molar-refractivity contribution in [1.29, 1.82) is 0 Å². The number of ketones is 1. The molecule has 0 aromatic heterocycles. The van der Waals surface area contributed by atoms with Crippen molar-refractivity contribution in [1.82, 2.24) is 4.90 Å². The second kappa shape index (κ2) is 8.26. The first-order valence-corrected chi connectivity index (χ1v) is 9.22. The number of ether oxygens (including phenoxy) is 2. The molecule has 0 aliphatic carbocycles. The Kier molecular flexibility index (Phi) is 5.77. The molecule has 1 heterocycles. The van der Waals surface area contributed by atoms with Crippen LogP contribution in [0.2, 0.25) is 0 Å². The smallest absolute Gasteiger partial charge is 0.295 e. The fourth-order valence-electron chi connectivity index (χ4n) is 3.53. The summed E-state index contributed by atoms with van der Waals surface area (Å²) in [6, 6.07) is 10.3. The lowest BCUT2D eigenvalue weighted by Crippen LogP contribution is -2.30. The maximum Gasteiger partial charge on any atom is 0.295 e. The van der Waals surface area contributed by atoms with E-state index in [-0.39, 0.29) is 17.1 Å². The Balaban J connectivity index is 2.20. The average Bonchev–Trinajstić information content (AvgIpc) is 2.98. The third-order valence-corrected chi connectivity index (χ3v) is 4.85. The van der Waals surface area contributed by atoms with Gasteiger partial charge in [0.15, 0.2) is 11.5 Å².